The zero-order valence-corrected chi connectivity index (χ0v) is 16.6. The van der Waals surface area contributed by atoms with Gasteiger partial charge in [0.1, 0.15) is 11.5 Å². The van der Waals surface area contributed by atoms with Crippen LogP contribution < -0.4 is 10.1 Å². The highest BCUT2D eigenvalue weighted by Gasteiger charge is 2.41. The summed E-state index contributed by atoms with van der Waals surface area (Å²) in [4.78, 5) is 13.3. The van der Waals surface area contributed by atoms with Crippen LogP contribution in [0, 0.1) is 6.92 Å². The first-order valence-electron chi connectivity index (χ1n) is 9.95. The Hall–Kier alpha value is -3.11. The maximum Gasteiger partial charge on any atom is 0.235 e. The van der Waals surface area contributed by atoms with Gasteiger partial charge in [0.15, 0.2) is 0 Å². The minimum Gasteiger partial charge on any atom is -0.457 e. The normalized spacial score (nSPS) is 15.5. The van der Waals surface area contributed by atoms with Crippen LogP contribution in [0.1, 0.15) is 24.0 Å². The Labute approximate surface area is 171 Å². The van der Waals surface area contributed by atoms with Crippen molar-refractivity contribution in [3.8, 4) is 11.5 Å². The van der Waals surface area contributed by atoms with Gasteiger partial charge in [-0.05, 0) is 67.3 Å². The average Bonchev–Trinajstić information content (AvgIpc) is 2.76. The fraction of sp³-hybridized carbons (Fsp3) is 0.240. The third kappa shape index (κ3) is 4.33. The number of nitrogens with one attached hydrogen (secondary N) is 1. The largest absolute Gasteiger partial charge is 0.457 e. The van der Waals surface area contributed by atoms with Gasteiger partial charge in [0.05, 0.1) is 5.41 Å². The first-order valence-corrected chi connectivity index (χ1v) is 9.95. The molecule has 0 aliphatic carbocycles. The van der Waals surface area contributed by atoms with Crippen molar-refractivity contribution in [1.29, 1.82) is 0 Å². The Morgan fingerprint density at radius 2 is 1.62 bits per heavy atom. The van der Waals surface area contributed by atoms with Crippen LogP contribution in [0.5, 0.6) is 11.5 Å². The number of anilines is 1. The van der Waals surface area contributed by atoms with E-state index >= 15 is 0 Å². The van der Waals surface area contributed by atoms with Crippen LogP contribution in [0.2, 0.25) is 0 Å². The molecule has 4 nitrogen and oxygen atoms in total. The summed E-state index contributed by atoms with van der Waals surface area (Å²) in [5.74, 6) is 1.55. The molecule has 1 aliphatic heterocycles. The van der Waals surface area contributed by atoms with Crippen LogP contribution in [0.15, 0.2) is 78.9 Å². The van der Waals surface area contributed by atoms with Gasteiger partial charge in [0, 0.05) is 18.9 Å². The molecule has 1 aliphatic rings. The molecule has 0 aromatic heterocycles. The molecule has 148 valence electrons. The Morgan fingerprint density at radius 1 is 0.897 bits per heavy atom. The summed E-state index contributed by atoms with van der Waals surface area (Å²) in [7, 11) is 0. The lowest BCUT2D eigenvalue weighted by Gasteiger charge is -2.36. The molecule has 1 heterocycles. The van der Waals surface area contributed by atoms with E-state index < -0.39 is 5.41 Å². The highest BCUT2D eigenvalue weighted by Crippen LogP contribution is 2.36. The van der Waals surface area contributed by atoms with Gasteiger partial charge >= 0.3 is 0 Å². The van der Waals surface area contributed by atoms with Gasteiger partial charge in [-0.25, -0.2) is 0 Å². The Morgan fingerprint density at radius 3 is 2.31 bits per heavy atom. The fourth-order valence-corrected chi connectivity index (χ4v) is 3.80. The lowest BCUT2D eigenvalue weighted by molar-refractivity contribution is -0.125. The van der Waals surface area contributed by atoms with E-state index in [0.29, 0.717) is 26.1 Å². The van der Waals surface area contributed by atoms with Crippen LogP contribution in [-0.4, -0.2) is 19.1 Å². The molecular formula is C25H25NO3. The molecule has 4 rings (SSSR count). The third-order valence-electron chi connectivity index (χ3n) is 5.44. The van der Waals surface area contributed by atoms with Crippen molar-refractivity contribution in [1.82, 2.24) is 0 Å². The number of carbonyl (C=O) groups excluding carboxylic acids is 1. The summed E-state index contributed by atoms with van der Waals surface area (Å²) in [5, 5.41) is 3.10. The number of aryl methyl sites for hydroxylation is 1. The molecule has 0 bridgehead atoms. The van der Waals surface area contributed by atoms with Crippen molar-refractivity contribution in [2.75, 3.05) is 18.5 Å². The average molecular weight is 387 g/mol. The standard InChI is InChI=1S/C25H25NO3/c1-19-6-5-9-23(18-19)29-22-12-10-21(11-13-22)26-24(27)25(14-16-28-17-15-25)20-7-3-2-4-8-20/h2-13,18H,14-17H2,1H3,(H,26,27). The van der Waals surface area contributed by atoms with Gasteiger partial charge in [-0.15, -0.1) is 0 Å². The quantitative estimate of drug-likeness (QED) is 0.631. The molecule has 3 aromatic rings. The Balaban J connectivity index is 1.49. The number of benzene rings is 3. The minimum atomic E-state index is -0.559. The van der Waals surface area contributed by atoms with Gasteiger partial charge in [-0.3, -0.25) is 4.79 Å². The number of amides is 1. The zero-order chi connectivity index (χ0) is 20.1. The number of ether oxygens (including phenoxy) is 2. The first-order chi connectivity index (χ1) is 14.2. The maximum atomic E-state index is 13.3. The second-order valence-electron chi connectivity index (χ2n) is 7.46. The van der Waals surface area contributed by atoms with E-state index in [0.717, 1.165) is 28.3 Å². The van der Waals surface area contributed by atoms with E-state index in [1.807, 2.05) is 85.8 Å². The summed E-state index contributed by atoms with van der Waals surface area (Å²) in [5.41, 5.74) is 2.39. The molecule has 0 radical (unpaired) electrons. The number of rotatable bonds is 5. The van der Waals surface area contributed by atoms with E-state index in [9.17, 15) is 4.79 Å². The highest BCUT2D eigenvalue weighted by molar-refractivity contribution is 5.99. The van der Waals surface area contributed by atoms with Gasteiger partial charge in [0.2, 0.25) is 5.91 Å². The fourth-order valence-electron chi connectivity index (χ4n) is 3.80. The Bertz CT molecular complexity index is 961. The van der Waals surface area contributed by atoms with Crippen LogP contribution >= 0.6 is 0 Å². The van der Waals surface area contributed by atoms with E-state index in [1.54, 1.807) is 0 Å². The lowest BCUT2D eigenvalue weighted by Crippen LogP contribution is -2.44. The minimum absolute atomic E-state index is 0.0133. The predicted octanol–water partition coefficient (Wildman–Crippen LogP) is 5.47. The van der Waals surface area contributed by atoms with Crippen molar-refractivity contribution < 1.29 is 14.3 Å². The summed E-state index contributed by atoms with van der Waals surface area (Å²) in [6.45, 7) is 3.21. The van der Waals surface area contributed by atoms with Crippen LogP contribution in [0.3, 0.4) is 0 Å². The van der Waals surface area contributed by atoms with Crippen molar-refractivity contribution in [2.45, 2.75) is 25.2 Å². The Kier molecular flexibility index (Phi) is 5.63. The molecular weight excluding hydrogens is 362 g/mol. The molecule has 0 spiro atoms. The van der Waals surface area contributed by atoms with Gasteiger partial charge in [-0.1, -0.05) is 42.5 Å². The highest BCUT2D eigenvalue weighted by atomic mass is 16.5. The molecule has 0 saturated carbocycles. The van der Waals surface area contributed by atoms with Gasteiger partial charge < -0.3 is 14.8 Å². The van der Waals surface area contributed by atoms with E-state index in [-0.39, 0.29) is 5.91 Å². The smallest absolute Gasteiger partial charge is 0.235 e. The summed E-state index contributed by atoms with van der Waals surface area (Å²) in [6, 6.07) is 25.4. The number of hydrogen-bond donors (Lipinski definition) is 1. The second kappa shape index (κ2) is 8.50. The molecule has 0 unspecified atom stereocenters. The van der Waals surface area contributed by atoms with Crippen molar-refractivity contribution in [3.63, 3.8) is 0 Å². The molecule has 1 saturated heterocycles. The monoisotopic (exact) mass is 387 g/mol. The molecule has 29 heavy (non-hydrogen) atoms. The summed E-state index contributed by atoms with van der Waals surface area (Å²) < 4.78 is 11.4. The van der Waals surface area contributed by atoms with Crippen molar-refractivity contribution >= 4 is 11.6 Å². The lowest BCUT2D eigenvalue weighted by atomic mass is 9.73. The predicted molar refractivity (Wildman–Crippen MR) is 114 cm³/mol. The zero-order valence-electron chi connectivity index (χ0n) is 16.6. The SMILES string of the molecule is Cc1cccc(Oc2ccc(NC(=O)C3(c4ccccc4)CCOCC3)cc2)c1. The first kappa shape index (κ1) is 19.2. The molecule has 4 heteroatoms. The number of hydrogen-bond acceptors (Lipinski definition) is 3. The van der Waals surface area contributed by atoms with Crippen molar-refractivity contribution in [2.24, 2.45) is 0 Å². The molecule has 1 amide bonds. The van der Waals surface area contributed by atoms with Crippen molar-refractivity contribution in [3.05, 3.63) is 90.0 Å². The molecule has 1 N–H and O–H groups in total. The second-order valence-corrected chi connectivity index (χ2v) is 7.46. The summed E-state index contributed by atoms with van der Waals surface area (Å²) in [6.07, 6.45) is 1.36. The molecule has 1 fully saturated rings. The summed E-state index contributed by atoms with van der Waals surface area (Å²) >= 11 is 0. The molecule has 3 aromatic carbocycles. The maximum absolute atomic E-state index is 13.3. The topological polar surface area (TPSA) is 47.6 Å². The van der Waals surface area contributed by atoms with E-state index in [1.165, 1.54) is 0 Å². The number of carbonyl (C=O) groups is 1. The van der Waals surface area contributed by atoms with Gasteiger partial charge in [0.25, 0.3) is 0 Å². The molecule has 0 atom stereocenters. The third-order valence-corrected chi connectivity index (χ3v) is 5.44. The van der Waals surface area contributed by atoms with E-state index in [4.69, 9.17) is 9.47 Å². The van der Waals surface area contributed by atoms with Crippen LogP contribution in [-0.2, 0) is 14.9 Å². The van der Waals surface area contributed by atoms with Crippen LogP contribution in [0.25, 0.3) is 0 Å². The van der Waals surface area contributed by atoms with Gasteiger partial charge in [-0.2, -0.15) is 0 Å². The van der Waals surface area contributed by atoms with E-state index in [2.05, 4.69) is 5.32 Å². The van der Waals surface area contributed by atoms with Crippen LogP contribution in [0.4, 0.5) is 5.69 Å².